The molecule has 86 valence electrons. The molecule has 0 bridgehead atoms. The smallest absolute Gasteiger partial charge is 0.108 e. The van der Waals surface area contributed by atoms with E-state index in [1.807, 2.05) is 0 Å². The van der Waals surface area contributed by atoms with Crippen LogP contribution >= 0.6 is 0 Å². The second kappa shape index (κ2) is 6.81. The molecule has 0 aliphatic carbocycles. The summed E-state index contributed by atoms with van der Waals surface area (Å²) in [5.41, 5.74) is 0. The van der Waals surface area contributed by atoms with Crippen molar-refractivity contribution in [3.05, 3.63) is 0 Å². The first-order chi connectivity index (χ1) is 7.22. The summed E-state index contributed by atoms with van der Waals surface area (Å²) < 4.78 is 0. The maximum Gasteiger partial charge on any atom is 0.108 e. The highest BCUT2D eigenvalue weighted by Crippen LogP contribution is 2.09. The van der Waals surface area contributed by atoms with Gasteiger partial charge in [0.2, 0.25) is 0 Å². The Labute approximate surface area is 93.5 Å². The Kier molecular flexibility index (Phi) is 5.67. The Morgan fingerprint density at radius 3 is 2.27 bits per heavy atom. The van der Waals surface area contributed by atoms with Gasteiger partial charge in [-0.15, -0.1) is 0 Å². The van der Waals surface area contributed by atoms with Crippen LogP contribution in [0, 0.1) is 11.3 Å². The van der Waals surface area contributed by atoms with Crippen molar-refractivity contribution in [2.45, 2.75) is 51.6 Å². The molecule has 0 saturated carbocycles. The van der Waals surface area contributed by atoms with Crippen molar-refractivity contribution in [3.63, 3.8) is 0 Å². The van der Waals surface area contributed by atoms with Crippen LogP contribution in [-0.2, 0) is 0 Å². The van der Waals surface area contributed by atoms with Crippen LogP contribution in [0.15, 0.2) is 0 Å². The molecular formula is C12H23N3. The molecule has 0 amide bonds. The number of hydrogen-bond donors (Lipinski definition) is 1. The normalized spacial score (nSPS) is 20.9. The van der Waals surface area contributed by atoms with Gasteiger partial charge < -0.3 is 4.90 Å². The van der Waals surface area contributed by atoms with Crippen LogP contribution in [0.3, 0.4) is 0 Å². The first kappa shape index (κ1) is 12.5. The highest BCUT2D eigenvalue weighted by atomic mass is 15.1. The van der Waals surface area contributed by atoms with E-state index in [4.69, 9.17) is 5.26 Å². The number of hydrogen-bond acceptors (Lipinski definition) is 3. The van der Waals surface area contributed by atoms with Gasteiger partial charge in [0, 0.05) is 12.6 Å². The summed E-state index contributed by atoms with van der Waals surface area (Å²) in [5.74, 6) is 0. The number of nitrogens with one attached hydrogen (secondary N) is 1. The summed E-state index contributed by atoms with van der Waals surface area (Å²) in [5, 5.41) is 12.3. The van der Waals surface area contributed by atoms with Gasteiger partial charge in [0.1, 0.15) is 6.04 Å². The lowest BCUT2D eigenvalue weighted by atomic mass is 10.2. The largest absolute Gasteiger partial charge is 0.301 e. The van der Waals surface area contributed by atoms with Crippen molar-refractivity contribution in [1.29, 1.82) is 5.26 Å². The second-order valence-corrected chi connectivity index (χ2v) is 4.72. The van der Waals surface area contributed by atoms with Crippen LogP contribution in [0.25, 0.3) is 0 Å². The molecule has 3 heteroatoms. The van der Waals surface area contributed by atoms with Crippen molar-refractivity contribution in [2.75, 3.05) is 19.6 Å². The molecule has 1 aliphatic heterocycles. The summed E-state index contributed by atoms with van der Waals surface area (Å²) >= 11 is 0. The fourth-order valence-corrected chi connectivity index (χ4v) is 2.11. The third-order valence-electron chi connectivity index (χ3n) is 2.83. The summed E-state index contributed by atoms with van der Waals surface area (Å²) in [6, 6.07) is 2.73. The average molecular weight is 209 g/mol. The van der Waals surface area contributed by atoms with Gasteiger partial charge in [0.05, 0.1) is 6.07 Å². The van der Waals surface area contributed by atoms with Gasteiger partial charge in [-0.3, -0.25) is 5.32 Å². The molecule has 0 radical (unpaired) electrons. The van der Waals surface area contributed by atoms with Crippen LogP contribution in [-0.4, -0.2) is 36.6 Å². The average Bonchev–Trinajstić information content (AvgIpc) is 2.44. The molecule has 1 rings (SSSR count). The van der Waals surface area contributed by atoms with Gasteiger partial charge >= 0.3 is 0 Å². The molecule has 0 aromatic heterocycles. The van der Waals surface area contributed by atoms with Gasteiger partial charge in [-0.2, -0.15) is 5.26 Å². The lowest BCUT2D eigenvalue weighted by Crippen LogP contribution is -2.43. The predicted octanol–water partition coefficient (Wildman–Crippen LogP) is 1.75. The fraction of sp³-hybridized carbons (Fsp3) is 0.917. The monoisotopic (exact) mass is 209 g/mol. The maximum absolute atomic E-state index is 9.04. The van der Waals surface area contributed by atoms with Crippen molar-refractivity contribution < 1.29 is 0 Å². The van der Waals surface area contributed by atoms with E-state index in [0.717, 1.165) is 19.6 Å². The van der Waals surface area contributed by atoms with Crippen molar-refractivity contribution in [1.82, 2.24) is 10.2 Å². The zero-order chi connectivity index (χ0) is 11.1. The minimum atomic E-state index is -0.0110. The molecule has 1 atom stereocenters. The van der Waals surface area contributed by atoms with E-state index in [1.54, 1.807) is 0 Å². The zero-order valence-electron chi connectivity index (χ0n) is 10.00. The molecule has 1 unspecified atom stereocenters. The third-order valence-corrected chi connectivity index (χ3v) is 2.83. The number of nitriles is 1. The number of likely N-dealkylation sites (tertiary alicyclic amines) is 1. The van der Waals surface area contributed by atoms with Crippen LogP contribution in [0.5, 0.6) is 0 Å². The standard InChI is InChI=1S/C12H23N3/c1-11(2)14-12(9-13)10-15-7-5-3-4-6-8-15/h11-12,14H,3-8,10H2,1-2H3. The van der Waals surface area contributed by atoms with E-state index in [-0.39, 0.29) is 6.04 Å². The van der Waals surface area contributed by atoms with Crippen LogP contribution in [0.2, 0.25) is 0 Å². The van der Waals surface area contributed by atoms with E-state index in [0.29, 0.717) is 6.04 Å². The molecule has 1 aliphatic rings. The van der Waals surface area contributed by atoms with Crippen LogP contribution in [0.1, 0.15) is 39.5 Å². The van der Waals surface area contributed by atoms with E-state index < -0.39 is 0 Å². The highest BCUT2D eigenvalue weighted by molar-refractivity contribution is 4.93. The lowest BCUT2D eigenvalue weighted by molar-refractivity contribution is 0.263. The summed E-state index contributed by atoms with van der Waals surface area (Å²) in [6.45, 7) is 7.39. The van der Waals surface area contributed by atoms with Crippen molar-refractivity contribution >= 4 is 0 Å². The van der Waals surface area contributed by atoms with Crippen LogP contribution in [0.4, 0.5) is 0 Å². The first-order valence-corrected chi connectivity index (χ1v) is 6.10. The van der Waals surface area contributed by atoms with E-state index >= 15 is 0 Å². The summed E-state index contributed by atoms with van der Waals surface area (Å²) in [4.78, 5) is 2.43. The van der Waals surface area contributed by atoms with E-state index in [2.05, 4.69) is 30.1 Å². The molecular weight excluding hydrogens is 186 g/mol. The Hall–Kier alpha value is -0.590. The molecule has 3 nitrogen and oxygen atoms in total. The van der Waals surface area contributed by atoms with Crippen LogP contribution < -0.4 is 5.32 Å². The minimum Gasteiger partial charge on any atom is -0.301 e. The highest BCUT2D eigenvalue weighted by Gasteiger charge is 2.15. The molecule has 0 aromatic carbocycles. The van der Waals surface area contributed by atoms with Gasteiger partial charge in [0.15, 0.2) is 0 Å². The lowest BCUT2D eigenvalue weighted by Gasteiger charge is -2.24. The summed E-state index contributed by atoms with van der Waals surface area (Å²) in [6.07, 6.45) is 5.29. The maximum atomic E-state index is 9.04. The predicted molar refractivity (Wildman–Crippen MR) is 62.6 cm³/mol. The Morgan fingerprint density at radius 2 is 1.80 bits per heavy atom. The molecule has 1 saturated heterocycles. The molecule has 0 spiro atoms. The van der Waals surface area contributed by atoms with E-state index in [9.17, 15) is 0 Å². The molecule has 1 heterocycles. The Bertz CT molecular complexity index is 199. The van der Waals surface area contributed by atoms with Gasteiger partial charge in [-0.1, -0.05) is 12.8 Å². The van der Waals surface area contributed by atoms with E-state index in [1.165, 1.54) is 25.7 Å². The SMILES string of the molecule is CC(C)NC(C#N)CN1CCCCCC1. The number of rotatable bonds is 4. The molecule has 1 fully saturated rings. The zero-order valence-corrected chi connectivity index (χ0v) is 10.00. The Balaban J connectivity index is 2.33. The number of nitrogens with zero attached hydrogens (tertiary/aromatic N) is 2. The topological polar surface area (TPSA) is 39.1 Å². The molecule has 1 N–H and O–H groups in total. The molecule has 0 aromatic rings. The van der Waals surface area contributed by atoms with Gasteiger partial charge in [-0.05, 0) is 39.8 Å². The van der Waals surface area contributed by atoms with Gasteiger partial charge in [0.25, 0.3) is 0 Å². The fourth-order valence-electron chi connectivity index (χ4n) is 2.11. The Morgan fingerprint density at radius 1 is 1.20 bits per heavy atom. The summed E-state index contributed by atoms with van der Waals surface area (Å²) in [7, 11) is 0. The first-order valence-electron chi connectivity index (χ1n) is 6.10. The minimum absolute atomic E-state index is 0.0110. The quantitative estimate of drug-likeness (QED) is 0.766. The van der Waals surface area contributed by atoms with Gasteiger partial charge in [-0.25, -0.2) is 0 Å². The molecule has 15 heavy (non-hydrogen) atoms. The second-order valence-electron chi connectivity index (χ2n) is 4.72. The van der Waals surface area contributed by atoms with Crippen molar-refractivity contribution in [2.24, 2.45) is 0 Å². The third kappa shape index (κ3) is 5.15. The van der Waals surface area contributed by atoms with Crippen molar-refractivity contribution in [3.8, 4) is 6.07 Å².